The van der Waals surface area contributed by atoms with Crippen LogP contribution in [-0.4, -0.2) is 33.5 Å². The fourth-order valence-corrected chi connectivity index (χ4v) is 13.8. The van der Waals surface area contributed by atoms with E-state index in [9.17, 15) is 23.7 Å². The van der Waals surface area contributed by atoms with Gasteiger partial charge in [0.1, 0.15) is 0 Å². The van der Waals surface area contributed by atoms with E-state index in [0.717, 1.165) is 22.3 Å². The number of rotatable bonds is 10. The van der Waals surface area contributed by atoms with Crippen LogP contribution in [0.15, 0.2) is 97.1 Å². The molecule has 0 atom stereocenters. The van der Waals surface area contributed by atoms with Crippen LogP contribution in [0.5, 0.6) is 0 Å². The van der Waals surface area contributed by atoms with Crippen LogP contribution in [-0.2, 0) is 4.57 Å². The Hall–Kier alpha value is -3.80. The van der Waals surface area contributed by atoms with Crippen molar-refractivity contribution in [3.63, 3.8) is 0 Å². The molecule has 0 radical (unpaired) electrons. The third-order valence-corrected chi connectivity index (χ3v) is 19.0. The van der Waals surface area contributed by atoms with Gasteiger partial charge in [0.2, 0.25) is 0 Å². The van der Waals surface area contributed by atoms with E-state index >= 15 is 0 Å². The van der Waals surface area contributed by atoms with Crippen molar-refractivity contribution in [2.24, 2.45) is 0 Å². The number of carbonyl (C=O) groups is 4. The molecular formula is C36H38GeO5P+. The molecule has 0 aliphatic heterocycles. The van der Waals surface area contributed by atoms with Gasteiger partial charge in [-0.25, -0.2) is 9.59 Å². The molecule has 0 heterocycles. The molecule has 0 unspecified atom stereocenters. The molecule has 0 saturated carbocycles. The third kappa shape index (κ3) is 7.41. The summed E-state index contributed by atoms with van der Waals surface area (Å²) in [5.74, 6) is 0. The zero-order valence-electron chi connectivity index (χ0n) is 25.6. The Morgan fingerprint density at radius 1 is 0.512 bits per heavy atom. The van der Waals surface area contributed by atoms with Gasteiger partial charge < -0.3 is 0 Å². The predicted octanol–water partition coefficient (Wildman–Crippen LogP) is 9.05. The van der Waals surface area contributed by atoms with Gasteiger partial charge in [-0.2, -0.15) is 0 Å². The van der Waals surface area contributed by atoms with Crippen molar-refractivity contribution >= 4 is 41.3 Å². The van der Waals surface area contributed by atoms with Crippen molar-refractivity contribution in [2.45, 2.75) is 52.0 Å². The Kier molecular flexibility index (Phi) is 11.8. The molecular weight excluding hydrogens is 616 g/mol. The van der Waals surface area contributed by atoms with E-state index in [1.807, 2.05) is 86.6 Å². The van der Waals surface area contributed by atoms with Crippen LogP contribution in [0, 0.1) is 27.7 Å². The van der Waals surface area contributed by atoms with E-state index in [-0.39, 0.29) is 9.23 Å². The molecule has 4 aromatic rings. The molecule has 220 valence electrons. The molecule has 0 bridgehead atoms. The Balaban J connectivity index is 0.000000236. The van der Waals surface area contributed by atoms with Gasteiger partial charge in [-0.05, 0) is 49.9 Å². The minimum atomic E-state index is -3.32. The molecule has 0 fully saturated rings. The first-order chi connectivity index (χ1) is 20.5. The van der Waals surface area contributed by atoms with E-state index in [1.54, 1.807) is 52.0 Å². The monoisotopic (exact) mass is 655 g/mol. The molecule has 7 heteroatoms. The molecule has 0 spiro atoms. The zero-order chi connectivity index (χ0) is 31.7. The molecule has 4 rings (SSSR count). The molecule has 0 N–H and O–H groups in total. The number of hydrogen-bond acceptors (Lipinski definition) is 5. The van der Waals surface area contributed by atoms with E-state index in [0.29, 0.717) is 32.8 Å². The topological polar surface area (TPSA) is 85.3 Å². The van der Waals surface area contributed by atoms with Gasteiger partial charge in [0.05, 0.1) is 11.1 Å². The van der Waals surface area contributed by atoms with Crippen molar-refractivity contribution in [3.8, 4) is 0 Å². The van der Waals surface area contributed by atoms with Crippen molar-refractivity contribution < 1.29 is 23.7 Å². The molecule has 0 aliphatic rings. The van der Waals surface area contributed by atoms with E-state index in [1.165, 1.54) is 0 Å². The van der Waals surface area contributed by atoms with Gasteiger partial charge in [-0.15, -0.1) is 0 Å². The first kappa shape index (κ1) is 33.7. The molecule has 0 aliphatic carbocycles. The van der Waals surface area contributed by atoms with Gasteiger partial charge in [-0.1, -0.05) is 41.0 Å². The quantitative estimate of drug-likeness (QED) is 0.126. The average Bonchev–Trinajstić information content (AvgIpc) is 3.02. The smallest absolute Gasteiger partial charge is 0.234 e. The van der Waals surface area contributed by atoms with Gasteiger partial charge in [0, 0.05) is 0 Å². The molecule has 0 amide bonds. The first-order valence-electron chi connectivity index (χ1n) is 14.4. The Morgan fingerprint density at radius 3 is 1.09 bits per heavy atom. The second-order valence-electron chi connectivity index (χ2n) is 10.6. The number of benzene rings is 4. The fourth-order valence-electron chi connectivity index (χ4n) is 5.33. The van der Waals surface area contributed by atoms with Crippen LogP contribution < -0.4 is 0 Å². The average molecular weight is 654 g/mol. The summed E-state index contributed by atoms with van der Waals surface area (Å²) >= 11 is -3.32. The first-order valence-corrected chi connectivity index (χ1v) is 20.7. The maximum atomic E-state index is 13.0. The minimum absolute atomic E-state index is 0.106. The number of hydrogen-bond donors (Lipinski definition) is 0. The van der Waals surface area contributed by atoms with E-state index in [2.05, 4.69) is 0 Å². The standard InChI is InChI=1S/C18H20GeO2.C18H18O3P/c1-3-19(4-2,17(20)15-11-7-5-8-12-15)18(21)16-13-9-6-10-14-16;1-11-7-5-8-12(2)15(11)17(19)22(21)18(20)16-13(3)9-6-10-14(16)4/h5-14H,3-4H2,1-2H3;5-10H,1-4H3/q;+1. The summed E-state index contributed by atoms with van der Waals surface area (Å²) in [7, 11) is -2.65. The predicted molar refractivity (Wildman–Crippen MR) is 176 cm³/mol. The SMILES string of the molecule is C[CH2][Ge]([CH2]C)([C](=O)c1ccccc1)[C](=O)c1ccccc1.Cc1cccc(C)c1C(=O)[P+](=O)C(=O)c1c(C)cccc1C. The largest absolute Gasteiger partial charge is 0.501 e. The summed E-state index contributed by atoms with van der Waals surface area (Å²) < 4.78 is 12.7. The van der Waals surface area contributed by atoms with Gasteiger partial charge >= 0.3 is 147 Å². The summed E-state index contributed by atoms with van der Waals surface area (Å²) in [6.07, 6.45) is 0. The third-order valence-electron chi connectivity index (χ3n) is 7.91. The van der Waals surface area contributed by atoms with Crippen molar-refractivity contribution in [1.82, 2.24) is 0 Å². The fraction of sp³-hybridized carbons (Fsp3) is 0.222. The van der Waals surface area contributed by atoms with E-state index < -0.39 is 32.1 Å². The number of carbonyl (C=O) groups excluding carboxylic acids is 4. The molecule has 43 heavy (non-hydrogen) atoms. The van der Waals surface area contributed by atoms with Crippen LogP contribution in [0.25, 0.3) is 0 Å². The van der Waals surface area contributed by atoms with Crippen LogP contribution in [0.4, 0.5) is 0 Å². The molecule has 4 aromatic carbocycles. The Bertz CT molecular complexity index is 1500. The summed E-state index contributed by atoms with van der Waals surface area (Å²) in [6, 6.07) is 29.3. The van der Waals surface area contributed by atoms with Crippen molar-refractivity contribution in [3.05, 3.63) is 142 Å². The number of aryl methyl sites for hydroxylation is 4. The molecule has 0 aromatic heterocycles. The summed E-state index contributed by atoms with van der Waals surface area (Å²) in [4.78, 5) is 51.1. The van der Waals surface area contributed by atoms with Crippen LogP contribution >= 0.6 is 7.80 Å². The van der Waals surface area contributed by atoms with Crippen molar-refractivity contribution in [2.75, 3.05) is 0 Å². The van der Waals surface area contributed by atoms with Crippen LogP contribution in [0.2, 0.25) is 10.5 Å². The zero-order valence-corrected chi connectivity index (χ0v) is 28.6. The Labute approximate surface area is 257 Å². The van der Waals surface area contributed by atoms with E-state index in [4.69, 9.17) is 0 Å². The Morgan fingerprint density at radius 2 is 0.814 bits per heavy atom. The van der Waals surface area contributed by atoms with Gasteiger partial charge in [-0.3, -0.25) is 0 Å². The van der Waals surface area contributed by atoms with Gasteiger partial charge in [0.25, 0.3) is 0 Å². The molecule has 5 nitrogen and oxygen atoms in total. The second kappa shape index (κ2) is 15.1. The summed E-state index contributed by atoms with van der Waals surface area (Å²) in [5.41, 5.74) is 3.94. The second-order valence-corrected chi connectivity index (χ2v) is 21.4. The normalized spacial score (nSPS) is 10.7. The van der Waals surface area contributed by atoms with Crippen molar-refractivity contribution in [1.29, 1.82) is 0 Å². The van der Waals surface area contributed by atoms with Gasteiger partial charge in [0.15, 0.2) is 0 Å². The summed E-state index contributed by atoms with van der Waals surface area (Å²) in [6.45, 7) is 11.1. The molecule has 0 saturated heterocycles. The maximum Gasteiger partial charge on any atom is 0.501 e. The summed E-state index contributed by atoms with van der Waals surface area (Å²) in [5, 5.41) is 1.38. The minimum Gasteiger partial charge on any atom is -0.234 e. The van der Waals surface area contributed by atoms with Crippen LogP contribution in [0.3, 0.4) is 0 Å². The van der Waals surface area contributed by atoms with Crippen LogP contribution in [0.1, 0.15) is 77.5 Å². The maximum absolute atomic E-state index is 13.0.